The number of hydrogen-bond acceptors (Lipinski definition) is 3. The highest BCUT2D eigenvalue weighted by Gasteiger charge is 2.73. The second kappa shape index (κ2) is 15.2. The summed E-state index contributed by atoms with van der Waals surface area (Å²) in [7, 11) is -1.99. The van der Waals surface area contributed by atoms with Crippen LogP contribution in [0.4, 0.5) is 0 Å². The Balaban J connectivity index is 1.14. The molecule has 0 radical (unpaired) electrons. The molecule has 5 aliphatic carbocycles. The van der Waals surface area contributed by atoms with Crippen LogP contribution in [0.15, 0.2) is 91.0 Å². The number of carboxylic acids is 1. The summed E-state index contributed by atoms with van der Waals surface area (Å²) in [6, 6.07) is 33.8. The van der Waals surface area contributed by atoms with Crippen LogP contribution in [0.2, 0.25) is 0 Å². The van der Waals surface area contributed by atoms with Crippen molar-refractivity contribution < 1.29 is 19.4 Å². The van der Waals surface area contributed by atoms with Crippen molar-refractivity contribution in [3.63, 3.8) is 0 Å². The van der Waals surface area contributed by atoms with Crippen LogP contribution in [0.25, 0.3) is 0 Å². The Labute approximate surface area is 351 Å². The number of rotatable bonds is 10. The fourth-order valence-electron chi connectivity index (χ4n) is 16.3. The molecule has 1 N–H and O–H groups in total. The number of hydrogen-bond donors (Lipinski definition) is 1. The van der Waals surface area contributed by atoms with E-state index >= 15 is 0 Å². The minimum atomic E-state index is -1.99. The van der Waals surface area contributed by atoms with E-state index in [2.05, 4.69) is 139 Å². The summed E-state index contributed by atoms with van der Waals surface area (Å²) < 4.78 is 6.55. The van der Waals surface area contributed by atoms with Gasteiger partial charge in [-0.2, -0.15) is 0 Å². The van der Waals surface area contributed by atoms with Gasteiger partial charge in [0, 0.05) is 12.3 Å². The molecule has 0 heterocycles. The van der Waals surface area contributed by atoms with Gasteiger partial charge in [-0.05, 0) is 165 Å². The molecule has 312 valence electrons. The number of ether oxygens (including phenoxy) is 1. The van der Waals surface area contributed by atoms with E-state index in [1.54, 1.807) is 6.92 Å². The van der Waals surface area contributed by atoms with Crippen LogP contribution < -0.4 is 15.9 Å². The van der Waals surface area contributed by atoms with E-state index < -0.39 is 18.6 Å². The number of carbonyl (C=O) groups excluding carboxylic acids is 1. The fourth-order valence-corrected chi connectivity index (χ4v) is 20.6. The molecule has 58 heavy (non-hydrogen) atoms. The summed E-state index contributed by atoms with van der Waals surface area (Å²) in [5, 5.41) is 15.2. The number of aliphatic carboxylic acids is 1. The Hall–Kier alpha value is -2.97. The normalized spacial score (nSPS) is 37.8. The molecule has 3 aromatic carbocycles. The van der Waals surface area contributed by atoms with Gasteiger partial charge in [-0.15, -0.1) is 0 Å². The summed E-state index contributed by atoms with van der Waals surface area (Å²) in [4.78, 5) is 26.3. The smallest absolute Gasteiger partial charge is 0.309 e. The summed E-state index contributed by atoms with van der Waals surface area (Å²) >= 11 is 0. The van der Waals surface area contributed by atoms with E-state index in [1.165, 1.54) is 28.8 Å². The molecule has 0 spiro atoms. The predicted molar refractivity (Wildman–Crippen MR) is 240 cm³/mol. The molecule has 0 amide bonds. The topological polar surface area (TPSA) is 63.6 Å². The number of fused-ring (bicyclic) bond motifs is 7. The van der Waals surface area contributed by atoms with Crippen LogP contribution in [0.1, 0.15) is 126 Å². The summed E-state index contributed by atoms with van der Waals surface area (Å²) in [6.07, 6.45) is 12.6. The van der Waals surface area contributed by atoms with Crippen molar-refractivity contribution in [3.8, 4) is 0 Å². The number of benzene rings is 3. The van der Waals surface area contributed by atoms with Crippen LogP contribution in [-0.2, 0) is 14.3 Å². The number of carbonyl (C=O) groups is 2. The first kappa shape index (κ1) is 41.8. The van der Waals surface area contributed by atoms with Crippen molar-refractivity contribution in [2.45, 2.75) is 132 Å². The van der Waals surface area contributed by atoms with Gasteiger partial charge in [-0.25, -0.2) is 0 Å². The summed E-state index contributed by atoms with van der Waals surface area (Å²) in [5.74, 6) is 2.35. The first-order valence-corrected chi connectivity index (χ1v) is 25.0. The van der Waals surface area contributed by atoms with Gasteiger partial charge in [0.1, 0.15) is 29.3 Å². The predicted octanol–water partition coefficient (Wildman–Crippen LogP) is 11.7. The lowest BCUT2D eigenvalue weighted by Gasteiger charge is -2.73. The van der Waals surface area contributed by atoms with Gasteiger partial charge < -0.3 is 9.84 Å². The Morgan fingerprint density at radius 1 is 0.724 bits per heavy atom. The van der Waals surface area contributed by atoms with Crippen molar-refractivity contribution in [2.24, 2.45) is 68.5 Å². The Morgan fingerprint density at radius 2 is 1.29 bits per heavy atom. The Kier molecular flexibility index (Phi) is 10.9. The molecule has 0 unspecified atom stereocenters. The maximum atomic E-state index is 13.3. The first-order chi connectivity index (χ1) is 27.6. The molecular weight excluding hydrogens is 732 g/mol. The lowest BCUT2D eigenvalue weighted by molar-refractivity contribution is -0.261. The van der Waals surface area contributed by atoms with Crippen molar-refractivity contribution in [1.29, 1.82) is 0 Å². The van der Waals surface area contributed by atoms with Crippen LogP contribution in [-0.4, -0.2) is 29.3 Å². The lowest BCUT2D eigenvalue weighted by atomic mass is 9.31. The highest BCUT2D eigenvalue weighted by molar-refractivity contribution is 7.95. The third kappa shape index (κ3) is 6.21. The third-order valence-electron chi connectivity index (χ3n) is 18.7. The molecule has 5 saturated carbocycles. The van der Waals surface area contributed by atoms with E-state index in [0.717, 1.165) is 63.9 Å². The zero-order valence-corrected chi connectivity index (χ0v) is 37.8. The van der Waals surface area contributed by atoms with Crippen LogP contribution in [0.3, 0.4) is 0 Å². The molecule has 0 aliphatic heterocycles. The van der Waals surface area contributed by atoms with Gasteiger partial charge in [0.25, 0.3) is 0 Å². The molecular formula is C53H72O4P+. The largest absolute Gasteiger partial charge is 0.481 e. The van der Waals surface area contributed by atoms with Crippen molar-refractivity contribution in [3.05, 3.63) is 91.0 Å². The standard InChI is InChI=1S/C53H71O4P/c1-36(2)42-28-31-53(48(55)56)33-32-51(7)43(46(42)53)26-27-45-50(6)35-38(47(57-37(3)54)49(4,5)44(50)29-30-52(45,51)8)19-18-34-58(39-20-12-9-13-21-39,40-22-14-10-15-23-40)41-24-16-11-17-25-41/h9-17,20-25,36,38,42-47H,18-19,26-35H2,1-8H3/p+1/t38-,42-,43+,44-,45+,46+,47-,50-,51+,52+,53-/m0/s1. The van der Waals surface area contributed by atoms with E-state index in [1.807, 2.05) is 0 Å². The number of esters is 1. The molecule has 11 atom stereocenters. The van der Waals surface area contributed by atoms with Gasteiger partial charge in [-0.1, -0.05) is 103 Å². The summed E-state index contributed by atoms with van der Waals surface area (Å²) in [5.41, 5.74) is -0.353. The van der Waals surface area contributed by atoms with Gasteiger partial charge in [0.15, 0.2) is 0 Å². The van der Waals surface area contributed by atoms with Gasteiger partial charge in [0.2, 0.25) is 0 Å². The molecule has 0 saturated heterocycles. The molecule has 5 aliphatic rings. The molecule has 4 nitrogen and oxygen atoms in total. The zero-order chi connectivity index (χ0) is 41.3. The van der Waals surface area contributed by atoms with Gasteiger partial charge in [-0.3, -0.25) is 9.59 Å². The maximum Gasteiger partial charge on any atom is 0.309 e. The molecule has 5 heteroatoms. The van der Waals surface area contributed by atoms with Crippen molar-refractivity contribution >= 4 is 35.1 Å². The average Bonchev–Trinajstić information content (AvgIpc) is 3.61. The molecule has 0 bridgehead atoms. The molecule has 0 aromatic heterocycles. The van der Waals surface area contributed by atoms with E-state index in [0.29, 0.717) is 29.6 Å². The van der Waals surface area contributed by atoms with Gasteiger partial charge >= 0.3 is 11.9 Å². The third-order valence-corrected chi connectivity index (χ3v) is 23.3. The molecule has 5 fully saturated rings. The second-order valence-corrected chi connectivity index (χ2v) is 25.2. The summed E-state index contributed by atoms with van der Waals surface area (Å²) in [6.45, 7) is 19.1. The first-order valence-electron chi connectivity index (χ1n) is 23.0. The van der Waals surface area contributed by atoms with Crippen LogP contribution in [0, 0.1) is 68.5 Å². The van der Waals surface area contributed by atoms with E-state index in [4.69, 9.17) is 4.74 Å². The number of carboxylic acid groups (broad SMARTS) is 1. The molecule has 8 rings (SSSR count). The van der Waals surface area contributed by atoms with Crippen LogP contribution >= 0.6 is 7.26 Å². The quantitative estimate of drug-likeness (QED) is 0.164. The van der Waals surface area contributed by atoms with Crippen molar-refractivity contribution in [1.82, 2.24) is 0 Å². The highest BCUT2D eigenvalue weighted by Crippen LogP contribution is 2.78. The van der Waals surface area contributed by atoms with Crippen LogP contribution in [0.5, 0.6) is 0 Å². The van der Waals surface area contributed by atoms with E-state index in [9.17, 15) is 14.7 Å². The highest BCUT2D eigenvalue weighted by atomic mass is 31.2. The SMILES string of the molecule is CC(=O)O[C@H]1[C@@H](CCC[P+](c2ccccc2)(c2ccccc2)c2ccccc2)C[C@]2(C)[C@H]3CC[C@@H]4[C@H]5[C@H](C(C)C)CC[C@]5(C(=O)O)CC[C@@]4(C)[C@]3(C)CC[C@H]2C1(C)C. The maximum absolute atomic E-state index is 13.3. The fraction of sp³-hybridized carbons (Fsp3) is 0.623. The molecule has 3 aromatic rings. The Bertz CT molecular complexity index is 1850. The second-order valence-electron chi connectivity index (χ2n) is 21.6. The minimum Gasteiger partial charge on any atom is -0.481 e. The zero-order valence-electron chi connectivity index (χ0n) is 36.9. The average molecular weight is 804 g/mol. The minimum absolute atomic E-state index is 0.102. The monoisotopic (exact) mass is 804 g/mol. The Morgan fingerprint density at radius 3 is 1.81 bits per heavy atom. The van der Waals surface area contributed by atoms with Gasteiger partial charge in [0.05, 0.1) is 11.6 Å². The van der Waals surface area contributed by atoms with Crippen molar-refractivity contribution in [2.75, 3.05) is 6.16 Å². The lowest BCUT2D eigenvalue weighted by Crippen LogP contribution is -2.68. The van der Waals surface area contributed by atoms with E-state index in [-0.39, 0.29) is 45.6 Å².